The summed E-state index contributed by atoms with van der Waals surface area (Å²) >= 11 is 0. The Kier molecular flexibility index (Phi) is 4.93. The summed E-state index contributed by atoms with van der Waals surface area (Å²) in [6.45, 7) is 0. The maximum Gasteiger partial charge on any atom is 0.344 e. The number of carbonyl (C=O) groups excluding carboxylic acids is 3. The summed E-state index contributed by atoms with van der Waals surface area (Å²) < 4.78 is 5.43. The Hall–Kier alpha value is -5.10. The van der Waals surface area contributed by atoms with Gasteiger partial charge in [0.1, 0.15) is 5.58 Å². The fourth-order valence-electron chi connectivity index (χ4n) is 4.53. The van der Waals surface area contributed by atoms with Gasteiger partial charge in [-0.05, 0) is 35.9 Å². The summed E-state index contributed by atoms with van der Waals surface area (Å²) in [5.41, 5.74) is 2.44. The van der Waals surface area contributed by atoms with Crippen molar-refractivity contribution >= 4 is 34.1 Å². The normalized spacial score (nSPS) is 12.2. The summed E-state index contributed by atoms with van der Waals surface area (Å²) in [4.78, 5) is 52.0. The minimum Gasteiger partial charge on any atom is -0.422 e. The molecule has 0 aliphatic heterocycles. The predicted molar refractivity (Wildman–Crippen MR) is 136 cm³/mol. The topological polar surface area (TPSA) is 93.4 Å². The Morgan fingerprint density at radius 1 is 0.639 bits per heavy atom. The van der Waals surface area contributed by atoms with Gasteiger partial charge in [-0.1, -0.05) is 66.7 Å². The number of hydrogen-bond donors (Lipinski definition) is 1. The van der Waals surface area contributed by atoms with E-state index in [1.54, 1.807) is 84.9 Å². The first kappa shape index (κ1) is 21.4. The molecule has 0 saturated carbocycles. The first-order chi connectivity index (χ1) is 17.5. The second-order valence-electron chi connectivity index (χ2n) is 8.45. The number of benzene rings is 4. The zero-order chi connectivity index (χ0) is 24.8. The van der Waals surface area contributed by atoms with Gasteiger partial charge < -0.3 is 9.73 Å². The summed E-state index contributed by atoms with van der Waals surface area (Å²) in [6.07, 6.45) is 0. The van der Waals surface area contributed by atoms with Crippen LogP contribution in [-0.2, 0) is 0 Å². The SMILES string of the molecule is O=C(Nc1cccc2c1C(=O)c1ccccc1C2=O)c1cccc(-c2cc3ccccc3oc2=O)c1. The fraction of sp³-hybridized carbons (Fsp3) is 0. The van der Waals surface area contributed by atoms with Crippen LogP contribution in [0.1, 0.15) is 42.2 Å². The van der Waals surface area contributed by atoms with Crippen molar-refractivity contribution in [1.82, 2.24) is 0 Å². The Balaban J connectivity index is 1.36. The average Bonchev–Trinajstić information content (AvgIpc) is 2.91. The molecule has 5 aromatic rings. The van der Waals surface area contributed by atoms with Crippen LogP contribution in [0.25, 0.3) is 22.1 Å². The number of rotatable bonds is 3. The predicted octanol–water partition coefficient (Wildman–Crippen LogP) is 5.49. The van der Waals surface area contributed by atoms with E-state index in [-0.39, 0.29) is 33.9 Å². The zero-order valence-corrected chi connectivity index (χ0v) is 18.8. The van der Waals surface area contributed by atoms with E-state index in [2.05, 4.69) is 5.32 Å². The standard InChI is InChI=1S/C30H17NO5/c32-27-20-10-2-3-11-21(20)28(33)26-22(27)12-6-13-24(26)31-29(34)19-9-5-8-17(15-19)23-16-18-7-1-4-14-25(18)36-30(23)35/h1-16H,(H,31,34). The van der Waals surface area contributed by atoms with Gasteiger partial charge in [0.05, 0.1) is 16.8 Å². The summed E-state index contributed by atoms with van der Waals surface area (Å²) in [7, 11) is 0. The molecule has 1 N–H and O–H groups in total. The summed E-state index contributed by atoms with van der Waals surface area (Å²) in [6, 6.07) is 27.0. The maximum atomic E-state index is 13.2. The van der Waals surface area contributed by atoms with E-state index in [0.717, 1.165) is 5.39 Å². The van der Waals surface area contributed by atoms with Crippen LogP contribution in [0, 0.1) is 0 Å². The molecule has 172 valence electrons. The molecule has 0 fully saturated rings. The van der Waals surface area contributed by atoms with E-state index < -0.39 is 11.5 Å². The Labute approximate surface area is 204 Å². The van der Waals surface area contributed by atoms with Gasteiger partial charge in [0.15, 0.2) is 11.6 Å². The smallest absolute Gasteiger partial charge is 0.344 e. The molecule has 0 radical (unpaired) electrons. The Morgan fingerprint density at radius 3 is 2.17 bits per heavy atom. The number of ketones is 2. The second kappa shape index (κ2) is 8.29. The first-order valence-corrected chi connectivity index (χ1v) is 11.3. The number of amides is 1. The molecule has 4 aromatic carbocycles. The lowest BCUT2D eigenvalue weighted by Gasteiger charge is -2.20. The lowest BCUT2D eigenvalue weighted by molar-refractivity contribution is 0.0978. The van der Waals surface area contributed by atoms with Gasteiger partial charge in [0, 0.05) is 27.6 Å². The number of carbonyl (C=O) groups is 3. The third kappa shape index (κ3) is 3.44. The minimum atomic E-state index is -0.508. The largest absolute Gasteiger partial charge is 0.422 e. The highest BCUT2D eigenvalue weighted by Crippen LogP contribution is 2.32. The molecule has 6 nitrogen and oxygen atoms in total. The summed E-state index contributed by atoms with van der Waals surface area (Å²) in [5, 5.41) is 3.54. The number of fused-ring (bicyclic) bond motifs is 3. The quantitative estimate of drug-likeness (QED) is 0.345. The molecule has 0 atom stereocenters. The van der Waals surface area contributed by atoms with Crippen LogP contribution in [0.3, 0.4) is 0 Å². The molecule has 6 heteroatoms. The van der Waals surface area contributed by atoms with Crippen LogP contribution < -0.4 is 10.9 Å². The van der Waals surface area contributed by atoms with Crippen LogP contribution >= 0.6 is 0 Å². The highest BCUT2D eigenvalue weighted by Gasteiger charge is 2.31. The molecule has 0 bridgehead atoms. The number of nitrogens with one attached hydrogen (secondary N) is 1. The highest BCUT2D eigenvalue weighted by atomic mass is 16.4. The van der Waals surface area contributed by atoms with Gasteiger partial charge in [-0.25, -0.2) is 4.79 Å². The van der Waals surface area contributed by atoms with E-state index >= 15 is 0 Å². The van der Waals surface area contributed by atoms with E-state index in [1.165, 1.54) is 0 Å². The molecular formula is C30H17NO5. The first-order valence-electron chi connectivity index (χ1n) is 11.3. The van der Waals surface area contributed by atoms with Crippen molar-refractivity contribution in [2.75, 3.05) is 5.32 Å². The molecule has 0 unspecified atom stereocenters. The molecule has 1 amide bonds. The second-order valence-corrected chi connectivity index (χ2v) is 8.45. The number of anilines is 1. The highest BCUT2D eigenvalue weighted by molar-refractivity contribution is 6.30. The molecule has 1 heterocycles. The molecule has 6 rings (SSSR count). The fourth-order valence-corrected chi connectivity index (χ4v) is 4.53. The third-order valence-corrected chi connectivity index (χ3v) is 6.28. The number of hydrogen-bond acceptors (Lipinski definition) is 5. The van der Waals surface area contributed by atoms with E-state index in [1.807, 2.05) is 12.1 Å². The van der Waals surface area contributed by atoms with Gasteiger partial charge in [0.25, 0.3) is 5.91 Å². The third-order valence-electron chi connectivity index (χ3n) is 6.28. The van der Waals surface area contributed by atoms with Crippen molar-refractivity contribution in [1.29, 1.82) is 0 Å². The molecule has 1 aromatic heterocycles. The minimum absolute atomic E-state index is 0.167. The number of para-hydroxylation sites is 1. The van der Waals surface area contributed by atoms with Crippen LogP contribution in [0.2, 0.25) is 0 Å². The molecule has 36 heavy (non-hydrogen) atoms. The molecule has 1 aliphatic rings. The van der Waals surface area contributed by atoms with E-state index in [9.17, 15) is 19.2 Å². The van der Waals surface area contributed by atoms with Crippen LogP contribution in [-0.4, -0.2) is 17.5 Å². The van der Waals surface area contributed by atoms with Gasteiger partial charge in [-0.3, -0.25) is 14.4 Å². The van der Waals surface area contributed by atoms with Gasteiger partial charge in [0.2, 0.25) is 0 Å². The molecule has 1 aliphatic carbocycles. The summed E-state index contributed by atoms with van der Waals surface area (Å²) in [5.74, 6) is -1.06. The van der Waals surface area contributed by atoms with Crippen molar-refractivity contribution in [2.24, 2.45) is 0 Å². The van der Waals surface area contributed by atoms with E-state index in [0.29, 0.717) is 27.8 Å². The van der Waals surface area contributed by atoms with E-state index in [4.69, 9.17) is 4.42 Å². The molecular weight excluding hydrogens is 454 g/mol. The monoisotopic (exact) mass is 471 g/mol. The molecule has 0 saturated heterocycles. The van der Waals surface area contributed by atoms with Crippen LogP contribution in [0.5, 0.6) is 0 Å². The van der Waals surface area contributed by atoms with Crippen molar-refractivity contribution in [3.05, 3.63) is 135 Å². The zero-order valence-electron chi connectivity index (χ0n) is 18.8. The Bertz CT molecular complexity index is 1800. The maximum absolute atomic E-state index is 13.2. The lowest BCUT2D eigenvalue weighted by atomic mass is 9.83. The molecule has 0 spiro atoms. The van der Waals surface area contributed by atoms with Crippen molar-refractivity contribution in [3.8, 4) is 11.1 Å². The van der Waals surface area contributed by atoms with Crippen molar-refractivity contribution in [2.45, 2.75) is 0 Å². The van der Waals surface area contributed by atoms with Gasteiger partial charge >= 0.3 is 5.63 Å². The average molecular weight is 471 g/mol. The van der Waals surface area contributed by atoms with Crippen LogP contribution in [0.15, 0.2) is 106 Å². The van der Waals surface area contributed by atoms with Crippen molar-refractivity contribution < 1.29 is 18.8 Å². The van der Waals surface area contributed by atoms with Crippen LogP contribution in [0.4, 0.5) is 5.69 Å². The Morgan fingerprint density at radius 2 is 1.33 bits per heavy atom. The lowest BCUT2D eigenvalue weighted by Crippen LogP contribution is -2.23. The van der Waals surface area contributed by atoms with Gasteiger partial charge in [-0.2, -0.15) is 0 Å². The van der Waals surface area contributed by atoms with Gasteiger partial charge in [-0.15, -0.1) is 0 Å². The van der Waals surface area contributed by atoms with Crippen molar-refractivity contribution in [3.63, 3.8) is 0 Å².